The molecule has 2 N–H and O–H groups in total. The lowest BCUT2D eigenvalue weighted by Crippen LogP contribution is -2.44. The van der Waals surface area contributed by atoms with Crippen molar-refractivity contribution < 1.29 is 13.2 Å². The summed E-state index contributed by atoms with van der Waals surface area (Å²) in [6, 6.07) is 13.3. The molecule has 0 aliphatic carbocycles. The van der Waals surface area contributed by atoms with Crippen LogP contribution in [0.3, 0.4) is 0 Å². The monoisotopic (exact) mass is 385 g/mol. The predicted octanol–water partition coefficient (Wildman–Crippen LogP) is 0.778. The Labute approximate surface area is 156 Å². The first-order chi connectivity index (χ1) is 12.9. The highest BCUT2D eigenvalue weighted by Gasteiger charge is 2.24. The number of hydrogen-bond donors (Lipinski definition) is 1. The molecule has 3 heterocycles. The lowest BCUT2D eigenvalue weighted by molar-refractivity contribution is -0.130. The normalized spacial score (nSPS) is 16.5. The van der Waals surface area contributed by atoms with Gasteiger partial charge >= 0.3 is 0 Å². The minimum absolute atomic E-state index is 0.0444. The summed E-state index contributed by atoms with van der Waals surface area (Å²) in [5.41, 5.74) is 9.02. The van der Waals surface area contributed by atoms with Gasteiger partial charge in [-0.15, -0.1) is 5.10 Å². The second-order valence-electron chi connectivity index (χ2n) is 6.56. The highest BCUT2D eigenvalue weighted by Crippen LogP contribution is 2.21. The molecule has 1 fully saturated rings. The van der Waals surface area contributed by atoms with Gasteiger partial charge in [-0.1, -0.05) is 30.3 Å². The Bertz CT molecular complexity index is 1090. The van der Waals surface area contributed by atoms with Gasteiger partial charge < -0.3 is 10.6 Å². The molecule has 0 bridgehead atoms. The van der Waals surface area contributed by atoms with Crippen LogP contribution in [0.4, 0.5) is 5.95 Å². The number of rotatable bonds is 3. The number of anilines is 1. The van der Waals surface area contributed by atoms with Crippen LogP contribution in [0.5, 0.6) is 0 Å². The second kappa shape index (κ2) is 6.66. The summed E-state index contributed by atoms with van der Waals surface area (Å²) in [5.74, 6) is 0.253. The van der Waals surface area contributed by atoms with Crippen LogP contribution in [0.1, 0.15) is 5.56 Å². The van der Waals surface area contributed by atoms with Gasteiger partial charge in [-0.2, -0.15) is 4.98 Å². The summed E-state index contributed by atoms with van der Waals surface area (Å²) in [5, 5.41) is 4.21. The fourth-order valence-electron chi connectivity index (χ4n) is 3.18. The largest absolute Gasteiger partial charge is 0.366 e. The van der Waals surface area contributed by atoms with Crippen molar-refractivity contribution in [3.05, 3.63) is 48.0 Å². The SMILES string of the molecule is Nc1nc2cccc(-c3ccc(CC(=O)N4CCS(=O)(=O)CC4)cc3)n2n1. The molecule has 1 aromatic carbocycles. The summed E-state index contributed by atoms with van der Waals surface area (Å²) in [6.07, 6.45) is 0.251. The molecule has 27 heavy (non-hydrogen) atoms. The van der Waals surface area contributed by atoms with Gasteiger partial charge in [0.05, 0.1) is 23.6 Å². The molecule has 0 spiro atoms. The molecule has 1 saturated heterocycles. The van der Waals surface area contributed by atoms with Crippen LogP contribution in [-0.2, 0) is 21.1 Å². The fraction of sp³-hybridized carbons (Fsp3) is 0.278. The molecule has 4 rings (SSSR count). The number of aromatic nitrogens is 3. The molecule has 140 valence electrons. The Hall–Kier alpha value is -2.94. The van der Waals surface area contributed by atoms with Crippen molar-refractivity contribution in [3.8, 4) is 11.3 Å². The van der Waals surface area contributed by atoms with E-state index in [1.165, 1.54) is 0 Å². The number of sulfone groups is 1. The van der Waals surface area contributed by atoms with E-state index in [1.807, 2.05) is 42.5 Å². The molecule has 0 atom stereocenters. The van der Waals surface area contributed by atoms with Gasteiger partial charge in [0.25, 0.3) is 0 Å². The van der Waals surface area contributed by atoms with Crippen molar-refractivity contribution in [1.82, 2.24) is 19.5 Å². The van der Waals surface area contributed by atoms with E-state index in [1.54, 1.807) is 9.42 Å². The van der Waals surface area contributed by atoms with Crippen LogP contribution in [0, 0.1) is 0 Å². The molecule has 8 nitrogen and oxygen atoms in total. The zero-order valence-electron chi connectivity index (χ0n) is 14.6. The van der Waals surface area contributed by atoms with Crippen molar-refractivity contribution in [1.29, 1.82) is 0 Å². The second-order valence-corrected chi connectivity index (χ2v) is 8.86. The fourth-order valence-corrected chi connectivity index (χ4v) is 4.38. The smallest absolute Gasteiger partial charge is 0.240 e. The highest BCUT2D eigenvalue weighted by molar-refractivity contribution is 7.91. The number of hydrogen-bond acceptors (Lipinski definition) is 6. The Morgan fingerprint density at radius 1 is 1.07 bits per heavy atom. The number of amides is 1. The number of fused-ring (bicyclic) bond motifs is 1. The quantitative estimate of drug-likeness (QED) is 0.713. The lowest BCUT2D eigenvalue weighted by atomic mass is 10.1. The van der Waals surface area contributed by atoms with Crippen LogP contribution in [0.2, 0.25) is 0 Å². The Kier molecular flexibility index (Phi) is 4.31. The molecule has 2 aromatic heterocycles. The van der Waals surface area contributed by atoms with Crippen molar-refractivity contribution >= 4 is 27.3 Å². The molecule has 1 aliphatic rings. The number of benzene rings is 1. The summed E-state index contributed by atoms with van der Waals surface area (Å²) in [7, 11) is -2.99. The van der Waals surface area contributed by atoms with Crippen molar-refractivity contribution in [2.45, 2.75) is 6.42 Å². The Morgan fingerprint density at radius 3 is 2.48 bits per heavy atom. The standard InChI is InChI=1S/C18H19N5O3S/c19-18-20-16-3-1-2-15(23(16)21-18)14-6-4-13(5-7-14)12-17(24)22-8-10-27(25,26)11-9-22/h1-7H,8-12H2,(H2,19,21). The van der Waals surface area contributed by atoms with Crippen LogP contribution < -0.4 is 5.73 Å². The highest BCUT2D eigenvalue weighted by atomic mass is 32.2. The van der Waals surface area contributed by atoms with E-state index in [0.717, 1.165) is 16.8 Å². The van der Waals surface area contributed by atoms with Gasteiger partial charge in [0.2, 0.25) is 11.9 Å². The third kappa shape index (κ3) is 3.63. The molecule has 1 amide bonds. The number of nitrogens with zero attached hydrogens (tertiary/aromatic N) is 4. The molecule has 0 radical (unpaired) electrons. The number of pyridine rings is 1. The van der Waals surface area contributed by atoms with E-state index in [2.05, 4.69) is 10.1 Å². The van der Waals surface area contributed by atoms with E-state index >= 15 is 0 Å². The minimum atomic E-state index is -2.99. The zero-order chi connectivity index (χ0) is 19.0. The lowest BCUT2D eigenvalue weighted by Gasteiger charge is -2.26. The summed E-state index contributed by atoms with van der Waals surface area (Å²) < 4.78 is 24.7. The molecule has 9 heteroatoms. The van der Waals surface area contributed by atoms with E-state index in [9.17, 15) is 13.2 Å². The van der Waals surface area contributed by atoms with Crippen LogP contribution >= 0.6 is 0 Å². The molecular formula is C18H19N5O3S. The maximum Gasteiger partial charge on any atom is 0.240 e. The van der Waals surface area contributed by atoms with Gasteiger partial charge in [-0.3, -0.25) is 4.79 Å². The summed E-state index contributed by atoms with van der Waals surface area (Å²) in [4.78, 5) is 18.2. The van der Waals surface area contributed by atoms with Gasteiger partial charge in [0.1, 0.15) is 0 Å². The summed E-state index contributed by atoms with van der Waals surface area (Å²) >= 11 is 0. The molecular weight excluding hydrogens is 366 g/mol. The predicted molar refractivity (Wildman–Crippen MR) is 102 cm³/mol. The third-order valence-electron chi connectivity index (χ3n) is 4.68. The van der Waals surface area contributed by atoms with Crippen LogP contribution in [-0.4, -0.2) is 58.4 Å². The van der Waals surface area contributed by atoms with E-state index < -0.39 is 9.84 Å². The Balaban J connectivity index is 1.50. The van der Waals surface area contributed by atoms with Crippen molar-refractivity contribution in [3.63, 3.8) is 0 Å². The summed E-state index contributed by atoms with van der Waals surface area (Å²) in [6.45, 7) is 0.546. The molecule has 0 unspecified atom stereocenters. The van der Waals surface area contributed by atoms with E-state index in [4.69, 9.17) is 5.73 Å². The van der Waals surface area contributed by atoms with Gasteiger partial charge in [-0.05, 0) is 17.7 Å². The maximum absolute atomic E-state index is 12.4. The molecule has 0 saturated carbocycles. The van der Waals surface area contributed by atoms with E-state index in [-0.39, 0.29) is 42.9 Å². The average molecular weight is 385 g/mol. The number of carbonyl (C=O) groups is 1. The average Bonchev–Trinajstić information content (AvgIpc) is 3.02. The van der Waals surface area contributed by atoms with Gasteiger partial charge in [-0.25, -0.2) is 12.9 Å². The molecule has 3 aromatic rings. The van der Waals surface area contributed by atoms with E-state index in [0.29, 0.717) is 5.65 Å². The number of nitrogen functional groups attached to an aromatic ring is 1. The van der Waals surface area contributed by atoms with Gasteiger partial charge in [0, 0.05) is 18.7 Å². The van der Waals surface area contributed by atoms with Crippen LogP contribution in [0.25, 0.3) is 16.9 Å². The number of carbonyl (C=O) groups excluding carboxylic acids is 1. The first-order valence-electron chi connectivity index (χ1n) is 8.60. The first-order valence-corrected chi connectivity index (χ1v) is 10.4. The molecule has 1 aliphatic heterocycles. The van der Waals surface area contributed by atoms with Gasteiger partial charge in [0.15, 0.2) is 15.5 Å². The number of nitrogens with two attached hydrogens (primary N) is 1. The minimum Gasteiger partial charge on any atom is -0.366 e. The van der Waals surface area contributed by atoms with Crippen molar-refractivity contribution in [2.24, 2.45) is 0 Å². The topological polar surface area (TPSA) is 111 Å². The zero-order valence-corrected chi connectivity index (χ0v) is 15.4. The maximum atomic E-state index is 12.4. The van der Waals surface area contributed by atoms with Crippen molar-refractivity contribution in [2.75, 3.05) is 30.3 Å². The van der Waals surface area contributed by atoms with Crippen LogP contribution in [0.15, 0.2) is 42.5 Å². The Morgan fingerprint density at radius 2 is 1.78 bits per heavy atom. The first kappa shape index (κ1) is 17.5. The third-order valence-corrected chi connectivity index (χ3v) is 6.29.